The third-order valence-corrected chi connectivity index (χ3v) is 5.41. The van der Waals surface area contributed by atoms with Crippen LogP contribution in [0.4, 0.5) is 5.69 Å². The number of hydrogen-bond acceptors (Lipinski definition) is 4. The van der Waals surface area contributed by atoms with Crippen LogP contribution in [0.3, 0.4) is 0 Å². The van der Waals surface area contributed by atoms with Crippen LogP contribution in [0.15, 0.2) is 109 Å². The lowest BCUT2D eigenvalue weighted by Gasteiger charge is -2.18. The van der Waals surface area contributed by atoms with E-state index >= 15 is 0 Å². The van der Waals surface area contributed by atoms with Crippen LogP contribution < -0.4 is 5.32 Å². The summed E-state index contributed by atoms with van der Waals surface area (Å²) >= 11 is 6.00. The van der Waals surface area contributed by atoms with Crippen molar-refractivity contribution in [2.45, 2.75) is 12.6 Å². The van der Waals surface area contributed by atoms with Crippen molar-refractivity contribution in [1.29, 1.82) is 0 Å². The molecule has 0 aromatic heterocycles. The first-order valence-electron chi connectivity index (χ1n) is 10.5. The largest absolute Gasteiger partial charge is 0.445 e. The molecule has 0 fully saturated rings. The molecule has 0 amide bonds. The summed E-state index contributed by atoms with van der Waals surface area (Å²) in [6.07, 6.45) is -1.07. The van der Waals surface area contributed by atoms with Crippen molar-refractivity contribution < 1.29 is 14.3 Å². The number of rotatable bonds is 8. The van der Waals surface area contributed by atoms with Gasteiger partial charge in [-0.25, -0.2) is 4.79 Å². The number of ether oxygens (including phenoxy) is 1. The van der Waals surface area contributed by atoms with Crippen LogP contribution in [0.5, 0.6) is 0 Å². The van der Waals surface area contributed by atoms with Gasteiger partial charge in [0.25, 0.3) is 0 Å². The maximum absolute atomic E-state index is 13.2. The van der Waals surface area contributed by atoms with Crippen LogP contribution in [0, 0.1) is 0 Å². The molecule has 0 bridgehead atoms. The van der Waals surface area contributed by atoms with E-state index in [4.69, 9.17) is 16.3 Å². The average Bonchev–Trinajstić information content (AvgIpc) is 2.87. The summed E-state index contributed by atoms with van der Waals surface area (Å²) in [5.41, 5.74) is 3.44. The van der Waals surface area contributed by atoms with E-state index < -0.39 is 12.1 Å². The van der Waals surface area contributed by atoms with Crippen LogP contribution >= 0.6 is 11.6 Å². The Labute approximate surface area is 197 Å². The van der Waals surface area contributed by atoms with Gasteiger partial charge in [-0.2, -0.15) is 0 Å². The van der Waals surface area contributed by atoms with Crippen LogP contribution in [0.2, 0.25) is 5.02 Å². The van der Waals surface area contributed by atoms with Gasteiger partial charge in [0.2, 0.25) is 5.78 Å². The Morgan fingerprint density at radius 2 is 1.33 bits per heavy atom. The molecule has 0 unspecified atom stereocenters. The molecule has 4 nitrogen and oxygen atoms in total. The number of benzene rings is 4. The van der Waals surface area contributed by atoms with Gasteiger partial charge >= 0.3 is 5.97 Å². The lowest BCUT2D eigenvalue weighted by atomic mass is 9.99. The maximum atomic E-state index is 13.2. The van der Waals surface area contributed by atoms with Gasteiger partial charge < -0.3 is 10.1 Å². The van der Waals surface area contributed by atoms with E-state index in [0.29, 0.717) is 28.3 Å². The quantitative estimate of drug-likeness (QED) is 0.236. The number of nitrogens with one attached hydrogen (secondary N) is 1. The molecular weight excluding hydrogens is 434 g/mol. The smallest absolute Gasteiger partial charge is 0.339 e. The summed E-state index contributed by atoms with van der Waals surface area (Å²) in [5.74, 6) is -0.864. The molecule has 0 radical (unpaired) electrons. The van der Waals surface area contributed by atoms with Gasteiger partial charge in [0.05, 0.1) is 5.56 Å². The molecule has 5 heteroatoms. The number of ketones is 1. The third kappa shape index (κ3) is 5.88. The van der Waals surface area contributed by atoms with Crippen molar-refractivity contribution in [3.8, 4) is 0 Å². The number of anilines is 1. The number of carbonyl (C=O) groups excluding carboxylic acids is 2. The molecule has 1 atom stereocenters. The monoisotopic (exact) mass is 455 g/mol. The Hall–Kier alpha value is -3.89. The normalized spacial score (nSPS) is 11.4. The average molecular weight is 456 g/mol. The fourth-order valence-corrected chi connectivity index (χ4v) is 3.48. The molecule has 33 heavy (non-hydrogen) atoms. The number of carbonyl (C=O) groups is 2. The second kappa shape index (κ2) is 10.6. The van der Waals surface area contributed by atoms with Gasteiger partial charge in [0, 0.05) is 28.4 Å². The highest BCUT2D eigenvalue weighted by atomic mass is 35.5. The van der Waals surface area contributed by atoms with E-state index in [9.17, 15) is 9.59 Å². The summed E-state index contributed by atoms with van der Waals surface area (Å²) in [7, 11) is 0. The second-order valence-corrected chi connectivity index (χ2v) is 7.92. The molecule has 0 saturated carbocycles. The number of hydrogen-bond donors (Lipinski definition) is 1. The Kier molecular flexibility index (Phi) is 7.18. The van der Waals surface area contributed by atoms with E-state index in [2.05, 4.69) is 5.32 Å². The fraction of sp³-hybridized carbons (Fsp3) is 0.0714. The van der Waals surface area contributed by atoms with Gasteiger partial charge in [0.15, 0.2) is 6.10 Å². The molecular formula is C28H22ClNO3. The molecule has 0 aliphatic carbocycles. The summed E-state index contributed by atoms with van der Waals surface area (Å²) in [4.78, 5) is 26.1. The van der Waals surface area contributed by atoms with Gasteiger partial charge in [-0.05, 0) is 42.0 Å². The minimum absolute atomic E-state index is 0.296. The zero-order valence-electron chi connectivity index (χ0n) is 17.8. The molecule has 1 N–H and O–H groups in total. The Bertz CT molecular complexity index is 1210. The molecule has 0 heterocycles. The molecule has 4 aromatic rings. The van der Waals surface area contributed by atoms with E-state index in [1.165, 1.54) is 0 Å². The first-order valence-corrected chi connectivity index (χ1v) is 10.9. The minimum Gasteiger partial charge on any atom is -0.445 e. The SMILES string of the molecule is O=C(O[C@@H](C(=O)c1ccccc1)c1ccc(Cl)cc1)c1ccc(CNc2ccccc2)cc1. The first kappa shape index (κ1) is 22.3. The van der Waals surface area contributed by atoms with Crippen LogP contribution in [0.25, 0.3) is 0 Å². The van der Waals surface area contributed by atoms with E-state index in [-0.39, 0.29) is 5.78 Å². The third-order valence-electron chi connectivity index (χ3n) is 5.15. The zero-order chi connectivity index (χ0) is 23.0. The molecule has 0 saturated heterocycles. The molecule has 0 aliphatic heterocycles. The predicted molar refractivity (Wildman–Crippen MR) is 131 cm³/mol. The Morgan fingerprint density at radius 3 is 1.97 bits per heavy atom. The summed E-state index contributed by atoms with van der Waals surface area (Å²) in [5, 5.41) is 3.87. The standard InChI is InChI=1S/C28H22ClNO3/c29-24-17-15-22(16-18-24)27(26(31)21-7-3-1-4-8-21)33-28(32)23-13-11-20(12-14-23)19-30-25-9-5-2-6-10-25/h1-18,27,30H,19H2/t27-/m1/s1. The highest BCUT2D eigenvalue weighted by molar-refractivity contribution is 6.30. The van der Waals surface area contributed by atoms with Crippen LogP contribution in [-0.4, -0.2) is 11.8 Å². The van der Waals surface area contributed by atoms with Crippen molar-refractivity contribution >= 4 is 29.0 Å². The van der Waals surface area contributed by atoms with Crippen LogP contribution in [-0.2, 0) is 11.3 Å². The lowest BCUT2D eigenvalue weighted by Crippen LogP contribution is -2.20. The molecule has 4 rings (SSSR count). The number of para-hydroxylation sites is 1. The van der Waals surface area contributed by atoms with Gasteiger partial charge in [0.1, 0.15) is 0 Å². The molecule has 0 spiro atoms. The summed E-state index contributed by atoms with van der Waals surface area (Å²) in [6.45, 7) is 0.624. The number of Topliss-reactive ketones (excluding diaryl/α,β-unsaturated/α-hetero) is 1. The zero-order valence-corrected chi connectivity index (χ0v) is 18.5. The highest BCUT2D eigenvalue weighted by Crippen LogP contribution is 2.25. The van der Waals surface area contributed by atoms with E-state index in [1.54, 1.807) is 60.7 Å². The van der Waals surface area contributed by atoms with E-state index in [0.717, 1.165) is 11.3 Å². The van der Waals surface area contributed by atoms with Gasteiger partial charge in [-0.3, -0.25) is 4.79 Å². The Morgan fingerprint density at radius 1 is 0.727 bits per heavy atom. The van der Waals surface area contributed by atoms with Crippen molar-refractivity contribution in [2.24, 2.45) is 0 Å². The number of esters is 1. The first-order chi connectivity index (χ1) is 16.1. The van der Waals surface area contributed by atoms with Crippen LogP contribution in [0.1, 0.15) is 37.9 Å². The summed E-state index contributed by atoms with van der Waals surface area (Å²) in [6, 6.07) is 32.5. The van der Waals surface area contributed by atoms with E-state index in [1.807, 2.05) is 48.5 Å². The molecule has 164 valence electrons. The predicted octanol–water partition coefficient (Wildman–Crippen LogP) is 6.73. The van der Waals surface area contributed by atoms with Gasteiger partial charge in [-0.15, -0.1) is 0 Å². The summed E-state index contributed by atoms with van der Waals surface area (Å²) < 4.78 is 5.70. The maximum Gasteiger partial charge on any atom is 0.339 e. The van der Waals surface area contributed by atoms with Crippen molar-refractivity contribution in [3.05, 3.63) is 136 Å². The van der Waals surface area contributed by atoms with Crippen molar-refractivity contribution in [2.75, 3.05) is 5.32 Å². The second-order valence-electron chi connectivity index (χ2n) is 7.48. The molecule has 4 aromatic carbocycles. The van der Waals surface area contributed by atoms with Gasteiger partial charge in [-0.1, -0.05) is 84.4 Å². The van der Waals surface area contributed by atoms with Crippen molar-refractivity contribution in [3.63, 3.8) is 0 Å². The van der Waals surface area contributed by atoms with Crippen molar-refractivity contribution in [1.82, 2.24) is 0 Å². The minimum atomic E-state index is -1.07. The lowest BCUT2D eigenvalue weighted by molar-refractivity contribution is 0.0280. The fourth-order valence-electron chi connectivity index (χ4n) is 3.36. The Balaban J connectivity index is 1.49. The number of halogens is 1. The highest BCUT2D eigenvalue weighted by Gasteiger charge is 2.26. The molecule has 0 aliphatic rings. The topological polar surface area (TPSA) is 55.4 Å².